The number of hydrogen-bond acceptors (Lipinski definition) is 4. The van der Waals surface area contributed by atoms with E-state index in [1.807, 2.05) is 55.4 Å². The minimum absolute atomic E-state index is 1.10. The summed E-state index contributed by atoms with van der Waals surface area (Å²) in [5.74, 6) is 0. The summed E-state index contributed by atoms with van der Waals surface area (Å²) in [6, 6.07) is 34.6. The smallest absolute Gasteiger partial charge is 0.00135 e. The first-order valence-electron chi connectivity index (χ1n) is 20.9. The van der Waals surface area contributed by atoms with Gasteiger partial charge in [-0.3, -0.25) is 0 Å². The summed E-state index contributed by atoms with van der Waals surface area (Å²) < 4.78 is 0. The Morgan fingerprint density at radius 3 is 0.556 bits per heavy atom. The van der Waals surface area contributed by atoms with E-state index >= 15 is 0 Å². The molecule has 0 saturated carbocycles. The standard InChI is InChI=1S/2C13H10.4C4H11N.4C2H6/c2*1-3-7-12-10(5-1)9-11-6-2-4-8-13(11)12;4*1-4-5(2)3;4*1-2/h2*1-8H,9H2;4*4H2,1-3H3;4*1-2H3. The Balaban J connectivity index is -0.000000284. The summed E-state index contributed by atoms with van der Waals surface area (Å²) in [5.41, 5.74) is 11.5. The van der Waals surface area contributed by atoms with Gasteiger partial charge in [0.2, 0.25) is 0 Å². The summed E-state index contributed by atoms with van der Waals surface area (Å²) in [6.45, 7) is 29.1. The van der Waals surface area contributed by atoms with Gasteiger partial charge in [0.15, 0.2) is 0 Å². The number of fused-ring (bicyclic) bond motifs is 6. The molecule has 0 spiro atoms. The monoisotopic (exact) mass is 745 g/mol. The predicted octanol–water partition coefficient (Wildman–Crippen LogP) is 12.9. The van der Waals surface area contributed by atoms with E-state index in [0.717, 1.165) is 39.0 Å². The van der Waals surface area contributed by atoms with Crippen LogP contribution >= 0.6 is 0 Å². The molecule has 4 aromatic carbocycles. The zero-order valence-corrected chi connectivity index (χ0v) is 39.3. The van der Waals surface area contributed by atoms with Gasteiger partial charge in [-0.1, -0.05) is 180 Å². The maximum atomic E-state index is 2.22. The molecule has 2 aliphatic carbocycles. The van der Waals surface area contributed by atoms with E-state index in [1.165, 1.54) is 44.5 Å². The van der Waals surface area contributed by atoms with E-state index in [9.17, 15) is 0 Å². The van der Waals surface area contributed by atoms with Gasteiger partial charge in [0, 0.05) is 0 Å². The molecule has 0 fully saturated rings. The second-order valence-electron chi connectivity index (χ2n) is 12.6. The first-order valence-corrected chi connectivity index (χ1v) is 20.9. The molecule has 0 aromatic heterocycles. The molecule has 308 valence electrons. The minimum Gasteiger partial charge on any atom is -0.310 e. The van der Waals surface area contributed by atoms with E-state index in [1.54, 1.807) is 0 Å². The van der Waals surface area contributed by atoms with Crippen LogP contribution in [0.2, 0.25) is 0 Å². The molecule has 0 unspecified atom stereocenters. The van der Waals surface area contributed by atoms with Gasteiger partial charge >= 0.3 is 0 Å². The van der Waals surface area contributed by atoms with Gasteiger partial charge in [-0.15, -0.1) is 0 Å². The van der Waals surface area contributed by atoms with Gasteiger partial charge in [-0.25, -0.2) is 0 Å². The highest BCUT2D eigenvalue weighted by Gasteiger charge is 2.16. The van der Waals surface area contributed by atoms with Crippen LogP contribution in [-0.4, -0.2) is 102 Å². The SMILES string of the molecule is CC.CC.CC.CC.CCN(C)C.CCN(C)C.CCN(C)C.CCN(C)C.c1ccc2c(c1)Cc1ccccc1-2.c1ccc2c(c1)Cc1ccccc1-2. The fraction of sp³-hybridized carbons (Fsp3) is 0.520. The molecule has 4 nitrogen and oxygen atoms in total. The molecule has 0 heterocycles. The normalized spacial score (nSPS) is 9.93. The third-order valence-corrected chi connectivity index (χ3v) is 7.94. The van der Waals surface area contributed by atoms with Gasteiger partial charge < -0.3 is 19.6 Å². The molecule has 4 aromatic rings. The van der Waals surface area contributed by atoms with Crippen molar-refractivity contribution in [2.45, 2.75) is 95.9 Å². The average Bonchev–Trinajstić information content (AvgIpc) is 3.80. The Bertz CT molecular complexity index is 1150. The quantitative estimate of drug-likeness (QED) is 0.178. The van der Waals surface area contributed by atoms with Crippen molar-refractivity contribution < 1.29 is 0 Å². The number of nitrogens with zero attached hydrogens (tertiary/aromatic N) is 4. The van der Waals surface area contributed by atoms with Gasteiger partial charge in [0.1, 0.15) is 0 Å². The van der Waals surface area contributed by atoms with Crippen molar-refractivity contribution >= 4 is 0 Å². The summed E-state index contributed by atoms with van der Waals surface area (Å²) in [5, 5.41) is 0. The molecule has 0 amide bonds. The van der Waals surface area contributed by atoms with Gasteiger partial charge in [0.25, 0.3) is 0 Å². The lowest BCUT2D eigenvalue weighted by Crippen LogP contribution is -2.08. The summed E-state index contributed by atoms with van der Waals surface area (Å²) in [6.07, 6.45) is 2.21. The van der Waals surface area contributed by atoms with Gasteiger partial charge in [-0.05, 0) is 140 Å². The van der Waals surface area contributed by atoms with Crippen molar-refractivity contribution in [1.82, 2.24) is 19.6 Å². The largest absolute Gasteiger partial charge is 0.310 e. The number of rotatable bonds is 4. The second-order valence-corrected chi connectivity index (χ2v) is 12.6. The maximum Gasteiger partial charge on any atom is -0.00135 e. The molecule has 0 N–H and O–H groups in total. The zero-order chi connectivity index (χ0) is 42.5. The van der Waals surface area contributed by atoms with Crippen LogP contribution in [0, 0.1) is 0 Å². The van der Waals surface area contributed by atoms with Crippen molar-refractivity contribution in [3.05, 3.63) is 119 Å². The van der Waals surface area contributed by atoms with Crippen LogP contribution in [0.1, 0.15) is 105 Å². The Hall–Kier alpha value is -3.28. The number of hydrogen-bond donors (Lipinski definition) is 0. The molecule has 0 bridgehead atoms. The lowest BCUT2D eigenvalue weighted by atomic mass is 10.1. The van der Waals surface area contributed by atoms with E-state index < -0.39 is 0 Å². The molecular formula is C50H88N4. The average molecular weight is 745 g/mol. The molecule has 0 radical (unpaired) electrons. The fourth-order valence-corrected chi connectivity index (χ4v) is 4.16. The highest BCUT2D eigenvalue weighted by atomic mass is 15.0. The van der Waals surface area contributed by atoms with Gasteiger partial charge in [0.05, 0.1) is 0 Å². The minimum atomic E-state index is 1.10. The van der Waals surface area contributed by atoms with Crippen molar-refractivity contribution in [2.24, 2.45) is 0 Å². The Morgan fingerprint density at radius 1 is 0.296 bits per heavy atom. The van der Waals surface area contributed by atoms with E-state index in [4.69, 9.17) is 0 Å². The number of benzene rings is 4. The summed E-state index contributed by atoms with van der Waals surface area (Å²) in [4.78, 5) is 8.50. The van der Waals surface area contributed by atoms with Crippen LogP contribution in [0.3, 0.4) is 0 Å². The second kappa shape index (κ2) is 39.4. The van der Waals surface area contributed by atoms with Crippen LogP contribution in [0.5, 0.6) is 0 Å². The third-order valence-electron chi connectivity index (χ3n) is 7.94. The third kappa shape index (κ3) is 26.5. The molecule has 6 rings (SSSR count). The summed E-state index contributed by atoms with van der Waals surface area (Å²) in [7, 11) is 16.4. The van der Waals surface area contributed by atoms with Crippen LogP contribution in [0.4, 0.5) is 0 Å². The lowest BCUT2D eigenvalue weighted by molar-refractivity contribution is 0.434. The van der Waals surface area contributed by atoms with E-state index in [-0.39, 0.29) is 0 Å². The van der Waals surface area contributed by atoms with Crippen molar-refractivity contribution in [3.63, 3.8) is 0 Å². The highest BCUT2D eigenvalue weighted by molar-refractivity contribution is 5.77. The van der Waals surface area contributed by atoms with Crippen LogP contribution in [0.25, 0.3) is 22.3 Å². The topological polar surface area (TPSA) is 13.0 Å². The molecule has 2 aliphatic rings. The van der Waals surface area contributed by atoms with E-state index in [0.29, 0.717) is 0 Å². The van der Waals surface area contributed by atoms with E-state index in [2.05, 4.69) is 201 Å². The zero-order valence-electron chi connectivity index (χ0n) is 39.3. The lowest BCUT2D eigenvalue weighted by Gasteiger charge is -2.00. The fourth-order valence-electron chi connectivity index (χ4n) is 4.16. The van der Waals surface area contributed by atoms with Gasteiger partial charge in [-0.2, -0.15) is 0 Å². The Labute approximate surface area is 338 Å². The van der Waals surface area contributed by atoms with Crippen LogP contribution < -0.4 is 0 Å². The highest BCUT2D eigenvalue weighted by Crippen LogP contribution is 2.36. The Kier molecular flexibility index (Phi) is 41.9. The molecule has 54 heavy (non-hydrogen) atoms. The molecule has 0 aliphatic heterocycles. The Morgan fingerprint density at radius 2 is 0.426 bits per heavy atom. The van der Waals surface area contributed by atoms with Crippen molar-refractivity contribution in [2.75, 3.05) is 82.6 Å². The molecule has 0 atom stereocenters. The molecular weight excluding hydrogens is 657 g/mol. The molecule has 0 saturated heterocycles. The van der Waals surface area contributed by atoms with Crippen molar-refractivity contribution in [1.29, 1.82) is 0 Å². The summed E-state index contributed by atoms with van der Waals surface area (Å²) >= 11 is 0. The maximum absolute atomic E-state index is 2.22. The first kappa shape index (κ1) is 57.4. The van der Waals surface area contributed by atoms with Crippen LogP contribution in [0.15, 0.2) is 97.1 Å². The molecule has 4 heteroatoms. The first-order chi connectivity index (χ1) is 26.0. The van der Waals surface area contributed by atoms with Crippen molar-refractivity contribution in [3.8, 4) is 22.3 Å². The van der Waals surface area contributed by atoms with Crippen LogP contribution in [-0.2, 0) is 12.8 Å². The predicted molar refractivity (Wildman–Crippen MR) is 252 cm³/mol.